The molecule has 3 nitrogen and oxygen atoms in total. The largest absolute Gasteiger partial charge is 0.416 e. The third kappa shape index (κ3) is 3.27. The molecular formula is C13H14F3N3. The topological polar surface area (TPSA) is 29.9 Å². The Kier molecular flexibility index (Phi) is 3.78. The first-order chi connectivity index (χ1) is 9.00. The number of aryl methyl sites for hydroxylation is 1. The SMILES string of the molecule is CCn1ccnc1CNc1cccc(C(F)(F)F)c1. The predicted molar refractivity (Wildman–Crippen MR) is 66.7 cm³/mol. The number of aromatic nitrogens is 2. The van der Waals surface area contributed by atoms with Crippen LogP contribution in [0.3, 0.4) is 0 Å². The molecule has 0 aliphatic carbocycles. The minimum absolute atomic E-state index is 0.391. The molecule has 1 aromatic heterocycles. The molecule has 0 spiro atoms. The summed E-state index contributed by atoms with van der Waals surface area (Å²) in [4.78, 5) is 4.15. The molecule has 0 saturated carbocycles. The Bertz CT molecular complexity index is 546. The maximum Gasteiger partial charge on any atom is 0.416 e. The van der Waals surface area contributed by atoms with E-state index in [0.717, 1.165) is 24.5 Å². The van der Waals surface area contributed by atoms with Crippen LogP contribution in [-0.4, -0.2) is 9.55 Å². The molecule has 0 aliphatic heterocycles. The van der Waals surface area contributed by atoms with Crippen LogP contribution in [0, 0.1) is 0 Å². The number of hydrogen-bond acceptors (Lipinski definition) is 2. The Labute approximate surface area is 109 Å². The van der Waals surface area contributed by atoms with E-state index < -0.39 is 11.7 Å². The Morgan fingerprint density at radius 1 is 1.32 bits per heavy atom. The molecule has 2 rings (SSSR count). The van der Waals surface area contributed by atoms with Crippen molar-refractivity contribution in [3.05, 3.63) is 48.0 Å². The zero-order chi connectivity index (χ0) is 13.9. The van der Waals surface area contributed by atoms with E-state index in [2.05, 4.69) is 10.3 Å². The van der Waals surface area contributed by atoms with E-state index in [1.807, 2.05) is 17.7 Å². The second kappa shape index (κ2) is 5.34. The number of anilines is 1. The van der Waals surface area contributed by atoms with Gasteiger partial charge in [0.25, 0.3) is 0 Å². The van der Waals surface area contributed by atoms with Crippen molar-refractivity contribution < 1.29 is 13.2 Å². The predicted octanol–water partition coefficient (Wildman–Crippen LogP) is 3.53. The monoisotopic (exact) mass is 269 g/mol. The summed E-state index contributed by atoms with van der Waals surface area (Å²) >= 11 is 0. The van der Waals surface area contributed by atoms with Crippen LogP contribution in [0.15, 0.2) is 36.7 Å². The van der Waals surface area contributed by atoms with Crippen molar-refractivity contribution in [2.45, 2.75) is 26.2 Å². The lowest BCUT2D eigenvalue weighted by Crippen LogP contribution is -2.09. The molecule has 19 heavy (non-hydrogen) atoms. The van der Waals surface area contributed by atoms with Gasteiger partial charge in [-0.2, -0.15) is 13.2 Å². The number of halogens is 3. The molecule has 0 radical (unpaired) electrons. The Hall–Kier alpha value is -1.98. The Balaban J connectivity index is 2.08. The van der Waals surface area contributed by atoms with Gasteiger partial charge in [0, 0.05) is 24.6 Å². The molecule has 0 amide bonds. The van der Waals surface area contributed by atoms with Crippen LogP contribution in [0.2, 0.25) is 0 Å². The maximum absolute atomic E-state index is 12.6. The van der Waals surface area contributed by atoms with Crippen LogP contribution >= 0.6 is 0 Å². The summed E-state index contributed by atoms with van der Waals surface area (Å²) in [5.41, 5.74) is -0.225. The van der Waals surface area contributed by atoms with E-state index in [-0.39, 0.29) is 0 Å². The third-order valence-corrected chi connectivity index (χ3v) is 2.78. The van der Waals surface area contributed by atoms with E-state index in [9.17, 15) is 13.2 Å². The zero-order valence-corrected chi connectivity index (χ0v) is 10.4. The molecule has 0 aliphatic rings. The van der Waals surface area contributed by atoms with Crippen LogP contribution in [-0.2, 0) is 19.3 Å². The average Bonchev–Trinajstić information content (AvgIpc) is 2.83. The standard InChI is InChI=1S/C13H14F3N3/c1-2-19-7-6-17-12(19)9-18-11-5-3-4-10(8-11)13(14,15)16/h3-8,18H,2,9H2,1H3. The first-order valence-corrected chi connectivity index (χ1v) is 5.92. The van der Waals surface area contributed by atoms with E-state index in [4.69, 9.17) is 0 Å². The molecule has 1 N–H and O–H groups in total. The van der Waals surface area contributed by atoms with Crippen molar-refractivity contribution in [1.29, 1.82) is 0 Å². The van der Waals surface area contributed by atoms with Crippen molar-refractivity contribution in [2.24, 2.45) is 0 Å². The lowest BCUT2D eigenvalue weighted by atomic mass is 10.2. The first kappa shape index (κ1) is 13.5. The highest BCUT2D eigenvalue weighted by atomic mass is 19.4. The molecule has 2 aromatic rings. The summed E-state index contributed by atoms with van der Waals surface area (Å²) in [7, 11) is 0. The highest BCUT2D eigenvalue weighted by Gasteiger charge is 2.30. The smallest absolute Gasteiger partial charge is 0.378 e. The summed E-state index contributed by atoms with van der Waals surface area (Å²) in [5.74, 6) is 0.792. The minimum Gasteiger partial charge on any atom is -0.378 e. The van der Waals surface area contributed by atoms with Gasteiger partial charge in [0.15, 0.2) is 0 Å². The number of nitrogens with one attached hydrogen (secondary N) is 1. The number of alkyl halides is 3. The van der Waals surface area contributed by atoms with Crippen molar-refractivity contribution in [3.63, 3.8) is 0 Å². The lowest BCUT2D eigenvalue weighted by molar-refractivity contribution is -0.137. The van der Waals surface area contributed by atoms with Crippen molar-refractivity contribution in [3.8, 4) is 0 Å². The Morgan fingerprint density at radius 3 is 2.79 bits per heavy atom. The number of nitrogens with zero attached hydrogens (tertiary/aromatic N) is 2. The average molecular weight is 269 g/mol. The fraction of sp³-hybridized carbons (Fsp3) is 0.308. The molecule has 102 valence electrons. The second-order valence-electron chi connectivity index (χ2n) is 4.06. The number of benzene rings is 1. The van der Waals surface area contributed by atoms with E-state index in [1.165, 1.54) is 6.07 Å². The van der Waals surface area contributed by atoms with Gasteiger partial charge in [0.1, 0.15) is 5.82 Å². The molecule has 0 bridgehead atoms. The zero-order valence-electron chi connectivity index (χ0n) is 10.4. The lowest BCUT2D eigenvalue weighted by Gasteiger charge is -2.11. The van der Waals surface area contributed by atoms with Crippen molar-refractivity contribution in [1.82, 2.24) is 9.55 Å². The van der Waals surface area contributed by atoms with Crippen LogP contribution in [0.4, 0.5) is 18.9 Å². The van der Waals surface area contributed by atoms with Crippen LogP contribution < -0.4 is 5.32 Å². The van der Waals surface area contributed by atoms with E-state index in [0.29, 0.717) is 12.2 Å². The highest BCUT2D eigenvalue weighted by molar-refractivity contribution is 5.46. The highest BCUT2D eigenvalue weighted by Crippen LogP contribution is 2.30. The van der Waals surface area contributed by atoms with Crippen molar-refractivity contribution in [2.75, 3.05) is 5.32 Å². The fourth-order valence-corrected chi connectivity index (χ4v) is 1.78. The minimum atomic E-state index is -4.32. The summed E-state index contributed by atoms with van der Waals surface area (Å²) < 4.78 is 39.6. The normalized spacial score (nSPS) is 11.6. The van der Waals surface area contributed by atoms with Crippen LogP contribution in [0.25, 0.3) is 0 Å². The summed E-state index contributed by atoms with van der Waals surface area (Å²) in [6, 6.07) is 5.14. The quantitative estimate of drug-likeness (QED) is 0.920. The van der Waals surface area contributed by atoms with Gasteiger partial charge in [-0.05, 0) is 25.1 Å². The number of rotatable bonds is 4. The van der Waals surface area contributed by atoms with Crippen LogP contribution in [0.1, 0.15) is 18.3 Å². The van der Waals surface area contributed by atoms with Gasteiger partial charge in [-0.3, -0.25) is 0 Å². The number of imidazole rings is 1. The Morgan fingerprint density at radius 2 is 2.11 bits per heavy atom. The first-order valence-electron chi connectivity index (χ1n) is 5.92. The molecule has 0 unspecified atom stereocenters. The molecular weight excluding hydrogens is 255 g/mol. The fourth-order valence-electron chi connectivity index (χ4n) is 1.78. The molecule has 1 aromatic carbocycles. The molecule has 0 fully saturated rings. The van der Waals surface area contributed by atoms with Crippen molar-refractivity contribution >= 4 is 5.69 Å². The van der Waals surface area contributed by atoms with Gasteiger partial charge in [-0.1, -0.05) is 6.07 Å². The molecule has 1 heterocycles. The van der Waals surface area contributed by atoms with Gasteiger partial charge >= 0.3 is 6.18 Å². The van der Waals surface area contributed by atoms with Gasteiger partial charge in [0.05, 0.1) is 12.1 Å². The van der Waals surface area contributed by atoms with Crippen LogP contribution in [0.5, 0.6) is 0 Å². The maximum atomic E-state index is 12.6. The van der Waals surface area contributed by atoms with Gasteiger partial charge in [-0.15, -0.1) is 0 Å². The molecule has 6 heteroatoms. The molecule has 0 atom stereocenters. The van der Waals surface area contributed by atoms with Gasteiger partial charge in [-0.25, -0.2) is 4.98 Å². The summed E-state index contributed by atoms with van der Waals surface area (Å²) in [5, 5.41) is 2.95. The third-order valence-electron chi connectivity index (χ3n) is 2.78. The molecule has 0 saturated heterocycles. The number of hydrogen-bond donors (Lipinski definition) is 1. The van der Waals surface area contributed by atoms with Gasteiger partial charge in [0.2, 0.25) is 0 Å². The summed E-state index contributed by atoms with van der Waals surface area (Å²) in [6.07, 6.45) is -0.810. The second-order valence-corrected chi connectivity index (χ2v) is 4.06. The van der Waals surface area contributed by atoms with Gasteiger partial charge < -0.3 is 9.88 Å². The van der Waals surface area contributed by atoms with E-state index in [1.54, 1.807) is 12.3 Å². The van der Waals surface area contributed by atoms with E-state index >= 15 is 0 Å². The summed E-state index contributed by atoms with van der Waals surface area (Å²) in [6.45, 7) is 3.15.